The van der Waals surface area contributed by atoms with Crippen LogP contribution in [0.5, 0.6) is 0 Å². The van der Waals surface area contributed by atoms with Crippen LogP contribution in [0.1, 0.15) is 18.1 Å². The maximum Gasteiger partial charge on any atom is 0.324 e. The Labute approximate surface area is 106 Å². The lowest BCUT2D eigenvalue weighted by Crippen LogP contribution is -2.47. The molecule has 2 unspecified atom stereocenters. The zero-order chi connectivity index (χ0) is 13.7. The number of nitrogens with one attached hydrogen (secondary N) is 1. The number of anilines is 1. The van der Waals surface area contributed by atoms with Gasteiger partial charge in [-0.25, -0.2) is 8.42 Å². The monoisotopic (exact) mass is 269 g/mol. The summed E-state index contributed by atoms with van der Waals surface area (Å²) in [6, 6.07) is 2.74. The number of benzene rings is 1. The summed E-state index contributed by atoms with van der Waals surface area (Å²) in [5, 5.41) is 10.6. The van der Waals surface area contributed by atoms with E-state index in [1.54, 1.807) is 13.8 Å². The third-order valence-electron chi connectivity index (χ3n) is 3.15. The summed E-state index contributed by atoms with van der Waals surface area (Å²) in [4.78, 5) is 11.2. The second-order valence-corrected chi connectivity index (χ2v) is 6.73. The second-order valence-electron chi connectivity index (χ2n) is 4.69. The first-order valence-electron chi connectivity index (χ1n) is 5.59. The van der Waals surface area contributed by atoms with E-state index in [4.69, 9.17) is 5.11 Å². The van der Waals surface area contributed by atoms with Gasteiger partial charge in [0.25, 0.3) is 0 Å². The Bertz CT molecular complexity index is 621. The van der Waals surface area contributed by atoms with E-state index in [0.29, 0.717) is 5.69 Å². The first-order valence-corrected chi connectivity index (χ1v) is 7.14. The molecule has 0 fully saturated rings. The molecule has 1 aromatic rings. The summed E-state index contributed by atoms with van der Waals surface area (Å²) in [5.74, 6) is -1.32. The molecule has 98 valence electrons. The fraction of sp³-hybridized carbons (Fsp3) is 0.417. The molecular weight excluding hydrogens is 254 g/mol. The molecule has 1 aliphatic rings. The summed E-state index contributed by atoms with van der Waals surface area (Å²) < 4.78 is 24.7. The second kappa shape index (κ2) is 3.98. The van der Waals surface area contributed by atoms with Crippen LogP contribution in [0.2, 0.25) is 0 Å². The van der Waals surface area contributed by atoms with Crippen molar-refractivity contribution in [3.8, 4) is 0 Å². The predicted octanol–water partition coefficient (Wildman–Crippen LogP) is 1.34. The molecule has 0 radical (unpaired) electrons. The summed E-state index contributed by atoms with van der Waals surface area (Å²) in [5.41, 5.74) is 2.13. The zero-order valence-electron chi connectivity index (χ0n) is 10.4. The number of sulfone groups is 1. The lowest BCUT2D eigenvalue weighted by atomic mass is 10.1. The van der Waals surface area contributed by atoms with Crippen LogP contribution in [0.15, 0.2) is 17.0 Å². The number of rotatable bonds is 1. The van der Waals surface area contributed by atoms with Crippen molar-refractivity contribution >= 4 is 21.5 Å². The highest BCUT2D eigenvalue weighted by Crippen LogP contribution is 2.35. The molecule has 6 heteroatoms. The predicted molar refractivity (Wildman–Crippen MR) is 67.6 cm³/mol. The molecule has 2 N–H and O–H groups in total. The number of aliphatic carboxylic acids is 1. The minimum atomic E-state index is -3.84. The molecule has 1 heterocycles. The van der Waals surface area contributed by atoms with E-state index in [0.717, 1.165) is 11.1 Å². The molecular formula is C12H15NO4S. The molecule has 1 aliphatic heterocycles. The van der Waals surface area contributed by atoms with Crippen molar-refractivity contribution in [2.45, 2.75) is 37.0 Å². The maximum absolute atomic E-state index is 12.3. The first-order chi connectivity index (χ1) is 8.25. The number of carbonyl (C=O) groups is 1. The van der Waals surface area contributed by atoms with Gasteiger partial charge in [-0.05, 0) is 38.0 Å². The van der Waals surface area contributed by atoms with Crippen LogP contribution in [0.4, 0.5) is 5.69 Å². The van der Waals surface area contributed by atoms with Crippen molar-refractivity contribution in [1.82, 2.24) is 0 Å². The highest BCUT2D eigenvalue weighted by atomic mass is 32.2. The minimum absolute atomic E-state index is 0.0884. The van der Waals surface area contributed by atoms with Gasteiger partial charge in [0.15, 0.2) is 15.1 Å². The smallest absolute Gasteiger partial charge is 0.324 e. The van der Waals surface area contributed by atoms with Gasteiger partial charge in [-0.2, -0.15) is 0 Å². The fourth-order valence-corrected chi connectivity index (χ4v) is 4.39. The number of carboxylic acids is 1. The van der Waals surface area contributed by atoms with Crippen LogP contribution in [0, 0.1) is 13.8 Å². The highest BCUT2D eigenvalue weighted by molar-refractivity contribution is 7.93. The molecule has 0 saturated carbocycles. The van der Waals surface area contributed by atoms with Crippen LogP contribution < -0.4 is 5.32 Å². The highest BCUT2D eigenvalue weighted by Gasteiger charge is 2.44. The van der Waals surface area contributed by atoms with E-state index in [2.05, 4.69) is 5.32 Å². The quantitative estimate of drug-likeness (QED) is 0.804. The first kappa shape index (κ1) is 12.9. The Hall–Kier alpha value is -1.56. The van der Waals surface area contributed by atoms with Crippen LogP contribution in [0.25, 0.3) is 0 Å². The Morgan fingerprint density at radius 1 is 1.33 bits per heavy atom. The topological polar surface area (TPSA) is 83.5 Å². The molecule has 5 nitrogen and oxygen atoms in total. The summed E-state index contributed by atoms with van der Waals surface area (Å²) >= 11 is 0. The van der Waals surface area contributed by atoms with Crippen LogP contribution in [0.3, 0.4) is 0 Å². The van der Waals surface area contributed by atoms with Crippen molar-refractivity contribution in [3.05, 3.63) is 23.3 Å². The molecule has 2 atom stereocenters. The van der Waals surface area contributed by atoms with Gasteiger partial charge >= 0.3 is 5.97 Å². The fourth-order valence-electron chi connectivity index (χ4n) is 2.39. The van der Waals surface area contributed by atoms with Gasteiger partial charge in [-0.15, -0.1) is 0 Å². The average Bonchev–Trinajstić information content (AvgIpc) is 2.18. The van der Waals surface area contributed by atoms with Crippen LogP contribution >= 0.6 is 0 Å². The third kappa shape index (κ3) is 1.77. The van der Waals surface area contributed by atoms with Crippen molar-refractivity contribution in [2.75, 3.05) is 5.32 Å². The third-order valence-corrected chi connectivity index (χ3v) is 5.37. The SMILES string of the molecule is Cc1cc(C)c2c(c1)S(=O)(=O)C(C(=O)O)C(C)N2. The van der Waals surface area contributed by atoms with Crippen LogP contribution in [-0.4, -0.2) is 30.8 Å². The summed E-state index contributed by atoms with van der Waals surface area (Å²) in [7, 11) is -3.84. The van der Waals surface area contributed by atoms with E-state index >= 15 is 0 Å². The summed E-state index contributed by atoms with van der Waals surface area (Å²) in [6.07, 6.45) is 0. The van der Waals surface area contributed by atoms with Crippen molar-refractivity contribution in [3.63, 3.8) is 0 Å². The van der Waals surface area contributed by atoms with E-state index in [-0.39, 0.29) is 4.90 Å². The summed E-state index contributed by atoms with van der Waals surface area (Å²) in [6.45, 7) is 5.16. The minimum Gasteiger partial charge on any atom is -0.480 e. The van der Waals surface area contributed by atoms with Gasteiger partial charge in [0.05, 0.1) is 16.6 Å². The molecule has 0 spiro atoms. The van der Waals surface area contributed by atoms with Crippen molar-refractivity contribution in [2.24, 2.45) is 0 Å². The van der Waals surface area contributed by atoms with Gasteiger partial charge in [0.2, 0.25) is 0 Å². The van der Waals surface area contributed by atoms with E-state index in [9.17, 15) is 13.2 Å². The molecule has 2 rings (SSSR count). The number of fused-ring (bicyclic) bond motifs is 1. The number of hydrogen-bond donors (Lipinski definition) is 2. The van der Waals surface area contributed by atoms with E-state index in [1.165, 1.54) is 6.07 Å². The Kier molecular flexibility index (Phi) is 2.85. The number of carboxylic acid groups (broad SMARTS) is 1. The molecule has 0 aromatic heterocycles. The zero-order valence-corrected chi connectivity index (χ0v) is 11.2. The van der Waals surface area contributed by atoms with Gasteiger partial charge in [0.1, 0.15) is 0 Å². The van der Waals surface area contributed by atoms with Gasteiger partial charge in [-0.1, -0.05) is 6.07 Å². The molecule has 0 amide bonds. The van der Waals surface area contributed by atoms with Crippen molar-refractivity contribution < 1.29 is 18.3 Å². The molecule has 0 bridgehead atoms. The standard InChI is InChI=1S/C12H15NO4S/c1-6-4-7(2)10-9(5-6)18(16,17)11(12(14)15)8(3)13-10/h4-5,8,11,13H,1-3H3,(H,14,15). The molecule has 18 heavy (non-hydrogen) atoms. The van der Waals surface area contributed by atoms with Gasteiger partial charge in [-0.3, -0.25) is 4.79 Å². The normalized spacial score (nSPS) is 25.1. The average molecular weight is 269 g/mol. The molecule has 0 aliphatic carbocycles. The number of hydrogen-bond acceptors (Lipinski definition) is 4. The largest absolute Gasteiger partial charge is 0.480 e. The Morgan fingerprint density at radius 2 is 1.94 bits per heavy atom. The molecule has 0 saturated heterocycles. The Balaban J connectivity index is 2.74. The van der Waals surface area contributed by atoms with Gasteiger partial charge < -0.3 is 10.4 Å². The Morgan fingerprint density at radius 3 is 2.50 bits per heavy atom. The van der Waals surface area contributed by atoms with E-state index < -0.39 is 27.1 Å². The lowest BCUT2D eigenvalue weighted by Gasteiger charge is -2.31. The molecule has 1 aromatic carbocycles. The van der Waals surface area contributed by atoms with Gasteiger partial charge in [0, 0.05) is 0 Å². The van der Waals surface area contributed by atoms with E-state index in [1.807, 2.05) is 13.0 Å². The van der Waals surface area contributed by atoms with Crippen LogP contribution in [-0.2, 0) is 14.6 Å². The number of aryl methyl sites for hydroxylation is 2. The maximum atomic E-state index is 12.3. The van der Waals surface area contributed by atoms with Crippen molar-refractivity contribution in [1.29, 1.82) is 0 Å². The lowest BCUT2D eigenvalue weighted by molar-refractivity contribution is -0.136.